The van der Waals surface area contributed by atoms with Gasteiger partial charge in [-0.25, -0.2) is 4.39 Å². The molecule has 6 nitrogen and oxygen atoms in total. The van der Waals surface area contributed by atoms with Gasteiger partial charge in [-0.2, -0.15) is 9.97 Å². The van der Waals surface area contributed by atoms with E-state index in [1.807, 2.05) is 6.92 Å². The zero-order valence-electron chi connectivity index (χ0n) is 11.6. The van der Waals surface area contributed by atoms with E-state index in [0.29, 0.717) is 12.5 Å². The minimum absolute atomic E-state index is 0.00201. The van der Waals surface area contributed by atoms with Gasteiger partial charge < -0.3 is 14.8 Å². The van der Waals surface area contributed by atoms with Crippen LogP contribution < -0.4 is 14.8 Å². The molecule has 0 bridgehead atoms. The number of benzene rings is 1. The molecule has 8 heteroatoms. The molecule has 0 saturated carbocycles. The molecule has 0 fully saturated rings. The molecule has 0 aliphatic rings. The van der Waals surface area contributed by atoms with Crippen LogP contribution in [0.5, 0.6) is 17.8 Å². The second-order valence-electron chi connectivity index (χ2n) is 4.03. The van der Waals surface area contributed by atoms with E-state index in [1.54, 1.807) is 0 Å². The highest BCUT2D eigenvalue weighted by Gasteiger charge is 2.10. The Balaban J connectivity index is 2.23. The molecule has 0 unspecified atom stereocenters. The van der Waals surface area contributed by atoms with Crippen LogP contribution in [-0.2, 0) is 0 Å². The van der Waals surface area contributed by atoms with Crippen molar-refractivity contribution in [2.75, 3.05) is 19.0 Å². The van der Waals surface area contributed by atoms with Gasteiger partial charge in [0, 0.05) is 12.6 Å². The van der Waals surface area contributed by atoms with E-state index in [9.17, 15) is 4.39 Å². The second-order valence-corrected chi connectivity index (χ2v) is 4.44. The molecule has 2 aromatic rings. The standard InChI is InChI=1S/C13H14ClFN4O2/c1-3-6-16-11-17-12(20-2)19-13(18-11)21-8-4-5-9(14)10(15)7-8/h4-5,7H,3,6H2,1-2H3,(H,16,17,18,19). The quantitative estimate of drug-likeness (QED) is 0.882. The molecule has 0 amide bonds. The van der Waals surface area contributed by atoms with E-state index in [0.717, 1.165) is 12.5 Å². The molecule has 1 N–H and O–H groups in total. The average molecular weight is 313 g/mol. The van der Waals surface area contributed by atoms with Gasteiger partial charge in [0.15, 0.2) is 0 Å². The minimum Gasteiger partial charge on any atom is -0.467 e. The molecule has 0 aliphatic heterocycles. The van der Waals surface area contributed by atoms with E-state index in [2.05, 4.69) is 20.3 Å². The maximum Gasteiger partial charge on any atom is 0.330 e. The molecule has 0 saturated heterocycles. The summed E-state index contributed by atoms with van der Waals surface area (Å²) in [5.74, 6) is -0.0285. The van der Waals surface area contributed by atoms with Crippen LogP contribution in [0.4, 0.5) is 10.3 Å². The largest absolute Gasteiger partial charge is 0.467 e. The zero-order chi connectivity index (χ0) is 15.2. The molecule has 1 aromatic carbocycles. The number of halogens is 2. The van der Waals surface area contributed by atoms with Crippen molar-refractivity contribution in [2.24, 2.45) is 0 Å². The molecule has 1 aromatic heterocycles. The Hall–Kier alpha value is -2.15. The highest BCUT2D eigenvalue weighted by molar-refractivity contribution is 6.30. The molecule has 21 heavy (non-hydrogen) atoms. The minimum atomic E-state index is -0.584. The number of anilines is 1. The first-order valence-corrected chi connectivity index (χ1v) is 6.67. The highest BCUT2D eigenvalue weighted by Crippen LogP contribution is 2.24. The van der Waals surface area contributed by atoms with Crippen molar-refractivity contribution in [3.05, 3.63) is 29.0 Å². The van der Waals surface area contributed by atoms with E-state index in [4.69, 9.17) is 21.1 Å². The second kappa shape index (κ2) is 7.03. The van der Waals surface area contributed by atoms with Gasteiger partial charge in [-0.3, -0.25) is 0 Å². The molecule has 112 valence electrons. The summed E-state index contributed by atoms with van der Waals surface area (Å²) >= 11 is 5.61. The molecule has 1 heterocycles. The van der Waals surface area contributed by atoms with Crippen molar-refractivity contribution in [1.29, 1.82) is 0 Å². The maximum absolute atomic E-state index is 13.4. The van der Waals surface area contributed by atoms with E-state index in [1.165, 1.54) is 19.2 Å². The fourth-order valence-electron chi connectivity index (χ4n) is 1.44. The third kappa shape index (κ3) is 4.16. The van der Waals surface area contributed by atoms with Crippen LogP contribution in [0.3, 0.4) is 0 Å². The van der Waals surface area contributed by atoms with Crippen LogP contribution in [-0.4, -0.2) is 28.6 Å². The Kier molecular flexibility index (Phi) is 5.10. The lowest BCUT2D eigenvalue weighted by Crippen LogP contribution is -2.07. The SMILES string of the molecule is CCCNc1nc(OC)nc(Oc2ccc(Cl)c(F)c2)n1. The van der Waals surface area contributed by atoms with Crippen molar-refractivity contribution in [2.45, 2.75) is 13.3 Å². The molecule has 2 rings (SSSR count). The number of nitrogens with zero attached hydrogens (tertiary/aromatic N) is 3. The van der Waals surface area contributed by atoms with Gasteiger partial charge in [-0.05, 0) is 18.6 Å². The highest BCUT2D eigenvalue weighted by atomic mass is 35.5. The Morgan fingerprint density at radius 1 is 1.24 bits per heavy atom. The normalized spacial score (nSPS) is 10.3. The lowest BCUT2D eigenvalue weighted by Gasteiger charge is -2.08. The lowest BCUT2D eigenvalue weighted by molar-refractivity contribution is 0.359. The first kappa shape index (κ1) is 15.2. The van der Waals surface area contributed by atoms with Crippen LogP contribution in [0, 0.1) is 5.82 Å². The molecule has 0 aliphatic carbocycles. The summed E-state index contributed by atoms with van der Waals surface area (Å²) < 4.78 is 23.7. The number of hydrogen-bond donors (Lipinski definition) is 1. The maximum atomic E-state index is 13.4. The Labute approximate surface area is 126 Å². The number of hydrogen-bond acceptors (Lipinski definition) is 6. The predicted octanol–water partition coefficient (Wildman–Crippen LogP) is 3.29. The monoisotopic (exact) mass is 312 g/mol. The summed E-state index contributed by atoms with van der Waals surface area (Å²) in [6, 6.07) is 4.16. The topological polar surface area (TPSA) is 69.2 Å². The zero-order valence-corrected chi connectivity index (χ0v) is 12.3. The first-order valence-electron chi connectivity index (χ1n) is 6.29. The third-order valence-corrected chi connectivity index (χ3v) is 2.72. The van der Waals surface area contributed by atoms with Gasteiger partial charge in [0.05, 0.1) is 12.1 Å². The van der Waals surface area contributed by atoms with Crippen molar-refractivity contribution in [1.82, 2.24) is 15.0 Å². The number of ether oxygens (including phenoxy) is 2. The summed E-state index contributed by atoms with van der Waals surface area (Å²) in [6.45, 7) is 2.71. The summed E-state index contributed by atoms with van der Waals surface area (Å²) in [7, 11) is 1.44. The molecule has 0 spiro atoms. The van der Waals surface area contributed by atoms with Gasteiger partial charge in [-0.15, -0.1) is 4.98 Å². The van der Waals surface area contributed by atoms with E-state index in [-0.39, 0.29) is 22.8 Å². The molecular formula is C13H14ClFN4O2. The van der Waals surface area contributed by atoms with E-state index >= 15 is 0 Å². The Morgan fingerprint density at radius 2 is 2.00 bits per heavy atom. The Bertz CT molecular complexity index is 627. The van der Waals surface area contributed by atoms with Crippen molar-refractivity contribution in [3.8, 4) is 17.8 Å². The third-order valence-electron chi connectivity index (χ3n) is 2.41. The molecule has 0 radical (unpaired) electrons. The fourth-order valence-corrected chi connectivity index (χ4v) is 1.55. The number of methoxy groups -OCH3 is 1. The molecule has 0 atom stereocenters. The first-order chi connectivity index (χ1) is 10.1. The van der Waals surface area contributed by atoms with E-state index < -0.39 is 5.82 Å². The van der Waals surface area contributed by atoms with Crippen LogP contribution in [0.25, 0.3) is 0 Å². The summed E-state index contributed by atoms with van der Waals surface area (Å²) in [4.78, 5) is 12.1. The van der Waals surface area contributed by atoms with Crippen LogP contribution in [0.1, 0.15) is 13.3 Å². The average Bonchev–Trinajstić information content (AvgIpc) is 2.48. The van der Waals surface area contributed by atoms with Crippen molar-refractivity contribution < 1.29 is 13.9 Å². The summed E-state index contributed by atoms with van der Waals surface area (Å²) in [6.07, 6.45) is 0.909. The van der Waals surface area contributed by atoms with Crippen LogP contribution in [0.15, 0.2) is 18.2 Å². The summed E-state index contributed by atoms with van der Waals surface area (Å²) in [5, 5.41) is 3.01. The lowest BCUT2D eigenvalue weighted by atomic mass is 10.3. The smallest absolute Gasteiger partial charge is 0.330 e. The fraction of sp³-hybridized carbons (Fsp3) is 0.308. The van der Waals surface area contributed by atoms with Gasteiger partial charge in [0.1, 0.15) is 11.6 Å². The van der Waals surface area contributed by atoms with Crippen molar-refractivity contribution >= 4 is 17.5 Å². The molecular weight excluding hydrogens is 299 g/mol. The number of rotatable bonds is 6. The van der Waals surface area contributed by atoms with Gasteiger partial charge >= 0.3 is 12.0 Å². The van der Waals surface area contributed by atoms with Crippen LogP contribution >= 0.6 is 11.6 Å². The number of nitrogens with one attached hydrogen (secondary N) is 1. The van der Waals surface area contributed by atoms with Crippen molar-refractivity contribution in [3.63, 3.8) is 0 Å². The predicted molar refractivity (Wildman–Crippen MR) is 76.6 cm³/mol. The van der Waals surface area contributed by atoms with Crippen LogP contribution in [0.2, 0.25) is 5.02 Å². The Morgan fingerprint density at radius 3 is 2.67 bits per heavy atom. The van der Waals surface area contributed by atoms with Gasteiger partial charge in [-0.1, -0.05) is 18.5 Å². The van der Waals surface area contributed by atoms with Gasteiger partial charge in [0.2, 0.25) is 5.95 Å². The summed E-state index contributed by atoms with van der Waals surface area (Å²) in [5.41, 5.74) is 0. The number of aromatic nitrogens is 3. The van der Waals surface area contributed by atoms with Gasteiger partial charge in [0.25, 0.3) is 0 Å².